The van der Waals surface area contributed by atoms with E-state index in [4.69, 9.17) is 4.74 Å². The number of amides is 2. The number of likely N-dealkylation sites (N-methyl/N-ethyl adjacent to an activating group) is 1. The molecular weight excluding hydrogens is 398 g/mol. The first-order valence-corrected chi connectivity index (χ1v) is 10.3. The van der Waals surface area contributed by atoms with Crippen LogP contribution >= 0.6 is 0 Å². The van der Waals surface area contributed by atoms with E-state index in [0.29, 0.717) is 13.1 Å². The molecule has 1 fully saturated rings. The van der Waals surface area contributed by atoms with Crippen molar-refractivity contribution in [2.75, 3.05) is 64.9 Å². The molecule has 0 saturated carbocycles. The highest BCUT2D eigenvalue weighted by Gasteiger charge is 2.21. The maximum Gasteiger partial charge on any atom is 0.407 e. The fraction of sp³-hybridized carbons (Fsp3) is 0.409. The van der Waals surface area contributed by atoms with Gasteiger partial charge in [0.15, 0.2) is 0 Å². The molecule has 2 N–H and O–H groups in total. The normalized spacial score (nSPS) is 14.2. The number of nitrogens with one attached hydrogen (secondary N) is 1. The van der Waals surface area contributed by atoms with E-state index < -0.39 is 6.09 Å². The standard InChI is InChI=1S/C22H29N5O4/c1-23-21(28)16-27(22(29)30)13-10-25-8-11-26(12-9-25)20-7-6-18(15-24-20)17-4-3-5-19(14-17)31-2/h3-7,14-15H,8-13,16H2,1-2H3,(H,23,28)(H,29,30). The molecule has 9 heteroatoms. The molecular formula is C22H29N5O4. The first-order valence-electron chi connectivity index (χ1n) is 10.3. The van der Waals surface area contributed by atoms with Crippen molar-refractivity contribution in [3.63, 3.8) is 0 Å². The average molecular weight is 428 g/mol. The minimum Gasteiger partial charge on any atom is -0.497 e. The summed E-state index contributed by atoms with van der Waals surface area (Å²) in [6.07, 6.45) is 0.794. The molecule has 166 valence electrons. The number of nitrogens with zero attached hydrogens (tertiary/aromatic N) is 4. The van der Waals surface area contributed by atoms with E-state index in [0.717, 1.165) is 53.8 Å². The first-order chi connectivity index (χ1) is 15.0. The Morgan fingerprint density at radius 2 is 1.94 bits per heavy atom. The van der Waals surface area contributed by atoms with Crippen LogP contribution in [0.1, 0.15) is 0 Å². The van der Waals surface area contributed by atoms with Crippen LogP contribution in [0.25, 0.3) is 11.1 Å². The third kappa shape index (κ3) is 6.08. The van der Waals surface area contributed by atoms with Gasteiger partial charge in [-0.25, -0.2) is 9.78 Å². The SMILES string of the molecule is CNC(=O)CN(CCN1CCN(c2ccc(-c3cccc(OC)c3)cn2)CC1)C(=O)O. The van der Waals surface area contributed by atoms with Crippen molar-refractivity contribution in [2.24, 2.45) is 0 Å². The summed E-state index contributed by atoms with van der Waals surface area (Å²) in [7, 11) is 3.15. The fourth-order valence-corrected chi connectivity index (χ4v) is 3.50. The highest BCUT2D eigenvalue weighted by molar-refractivity contribution is 5.81. The average Bonchev–Trinajstić information content (AvgIpc) is 2.82. The summed E-state index contributed by atoms with van der Waals surface area (Å²) in [5, 5.41) is 11.7. The molecule has 1 aliphatic heterocycles. The van der Waals surface area contributed by atoms with Crippen molar-refractivity contribution in [1.82, 2.24) is 20.1 Å². The van der Waals surface area contributed by atoms with Crippen molar-refractivity contribution in [2.45, 2.75) is 0 Å². The number of pyridine rings is 1. The predicted molar refractivity (Wildman–Crippen MR) is 119 cm³/mol. The lowest BCUT2D eigenvalue weighted by Gasteiger charge is -2.36. The number of carbonyl (C=O) groups is 2. The van der Waals surface area contributed by atoms with Gasteiger partial charge in [-0.05, 0) is 29.8 Å². The number of anilines is 1. The van der Waals surface area contributed by atoms with Gasteiger partial charge in [0.2, 0.25) is 5.91 Å². The molecule has 0 aliphatic carbocycles. The van der Waals surface area contributed by atoms with Crippen LogP contribution in [-0.4, -0.2) is 91.9 Å². The van der Waals surface area contributed by atoms with Crippen LogP contribution in [0.2, 0.25) is 0 Å². The van der Waals surface area contributed by atoms with Gasteiger partial charge in [-0.1, -0.05) is 12.1 Å². The zero-order valence-electron chi connectivity index (χ0n) is 18.0. The number of rotatable bonds is 8. The molecule has 2 aromatic rings. The highest BCUT2D eigenvalue weighted by atomic mass is 16.5. The van der Waals surface area contributed by atoms with Crippen LogP contribution in [-0.2, 0) is 4.79 Å². The van der Waals surface area contributed by atoms with E-state index in [-0.39, 0.29) is 12.5 Å². The summed E-state index contributed by atoms with van der Waals surface area (Å²) >= 11 is 0. The number of hydrogen-bond acceptors (Lipinski definition) is 6. The van der Waals surface area contributed by atoms with Gasteiger partial charge >= 0.3 is 6.09 Å². The number of benzene rings is 1. The first kappa shape index (κ1) is 22.4. The summed E-state index contributed by atoms with van der Waals surface area (Å²) in [6.45, 7) is 4.01. The maximum absolute atomic E-state index is 11.5. The van der Waals surface area contributed by atoms with Crippen LogP contribution < -0.4 is 15.0 Å². The maximum atomic E-state index is 11.5. The lowest BCUT2D eigenvalue weighted by molar-refractivity contribution is -0.121. The monoisotopic (exact) mass is 427 g/mol. The fourth-order valence-electron chi connectivity index (χ4n) is 3.50. The second-order valence-electron chi connectivity index (χ2n) is 7.34. The molecule has 0 spiro atoms. The number of carboxylic acid groups (broad SMARTS) is 1. The topological polar surface area (TPSA) is 98.2 Å². The van der Waals surface area contributed by atoms with Crippen LogP contribution in [0, 0.1) is 0 Å². The molecule has 0 radical (unpaired) electrons. The molecule has 1 aliphatic rings. The van der Waals surface area contributed by atoms with Gasteiger partial charge in [-0.15, -0.1) is 0 Å². The molecule has 3 rings (SSSR count). The minimum absolute atomic E-state index is 0.143. The molecule has 1 aromatic carbocycles. The third-order valence-corrected chi connectivity index (χ3v) is 5.42. The van der Waals surface area contributed by atoms with Crippen molar-refractivity contribution < 1.29 is 19.4 Å². The van der Waals surface area contributed by atoms with E-state index in [1.165, 1.54) is 7.05 Å². The molecule has 31 heavy (non-hydrogen) atoms. The van der Waals surface area contributed by atoms with Gasteiger partial charge in [0, 0.05) is 58.1 Å². The van der Waals surface area contributed by atoms with Crippen LogP contribution in [0.15, 0.2) is 42.6 Å². The highest BCUT2D eigenvalue weighted by Crippen LogP contribution is 2.25. The van der Waals surface area contributed by atoms with E-state index >= 15 is 0 Å². The Morgan fingerprint density at radius 1 is 1.16 bits per heavy atom. The van der Waals surface area contributed by atoms with Gasteiger partial charge in [-0.2, -0.15) is 0 Å². The predicted octanol–water partition coefficient (Wildman–Crippen LogP) is 1.61. The zero-order chi connectivity index (χ0) is 22.2. The second kappa shape index (κ2) is 10.6. The molecule has 0 bridgehead atoms. The Labute approximate surface area is 182 Å². The quantitative estimate of drug-likeness (QED) is 0.660. The Bertz CT molecular complexity index is 882. The number of aromatic nitrogens is 1. The number of piperazine rings is 1. The van der Waals surface area contributed by atoms with Crippen molar-refractivity contribution >= 4 is 17.8 Å². The summed E-state index contributed by atoms with van der Waals surface area (Å²) < 4.78 is 5.29. The molecule has 9 nitrogen and oxygen atoms in total. The minimum atomic E-state index is -1.08. The Hall–Kier alpha value is -3.33. The van der Waals surface area contributed by atoms with Crippen molar-refractivity contribution in [3.05, 3.63) is 42.6 Å². The van der Waals surface area contributed by atoms with Gasteiger partial charge in [-0.3, -0.25) is 14.6 Å². The molecule has 2 amide bonds. The lowest BCUT2D eigenvalue weighted by atomic mass is 10.1. The molecule has 1 saturated heterocycles. The van der Waals surface area contributed by atoms with Gasteiger partial charge in [0.05, 0.1) is 7.11 Å². The summed E-state index contributed by atoms with van der Waals surface area (Å²) in [6, 6.07) is 12.0. The van der Waals surface area contributed by atoms with Gasteiger partial charge < -0.3 is 20.1 Å². The molecule has 0 atom stereocenters. The van der Waals surface area contributed by atoms with E-state index in [2.05, 4.69) is 26.2 Å². The molecule has 2 heterocycles. The van der Waals surface area contributed by atoms with Crippen LogP contribution in [0.4, 0.5) is 10.6 Å². The van der Waals surface area contributed by atoms with E-state index in [9.17, 15) is 14.7 Å². The lowest BCUT2D eigenvalue weighted by Crippen LogP contribution is -2.50. The third-order valence-electron chi connectivity index (χ3n) is 5.42. The van der Waals surface area contributed by atoms with Gasteiger partial charge in [0.25, 0.3) is 0 Å². The summed E-state index contributed by atoms with van der Waals surface area (Å²) in [4.78, 5) is 33.0. The largest absolute Gasteiger partial charge is 0.497 e. The Morgan fingerprint density at radius 3 is 2.55 bits per heavy atom. The number of carbonyl (C=O) groups excluding carboxylic acids is 1. The van der Waals surface area contributed by atoms with Gasteiger partial charge in [0.1, 0.15) is 18.1 Å². The number of methoxy groups -OCH3 is 1. The van der Waals surface area contributed by atoms with Crippen molar-refractivity contribution in [1.29, 1.82) is 0 Å². The Kier molecular flexibility index (Phi) is 7.66. The second-order valence-corrected chi connectivity index (χ2v) is 7.34. The number of ether oxygens (including phenoxy) is 1. The Balaban J connectivity index is 1.51. The number of hydrogen-bond donors (Lipinski definition) is 2. The van der Waals surface area contributed by atoms with E-state index in [1.807, 2.05) is 36.5 Å². The van der Waals surface area contributed by atoms with Crippen LogP contribution in [0.3, 0.4) is 0 Å². The van der Waals surface area contributed by atoms with Crippen molar-refractivity contribution in [3.8, 4) is 16.9 Å². The molecule has 1 aromatic heterocycles. The van der Waals surface area contributed by atoms with Crippen LogP contribution in [0.5, 0.6) is 5.75 Å². The van der Waals surface area contributed by atoms with E-state index in [1.54, 1.807) is 7.11 Å². The zero-order valence-corrected chi connectivity index (χ0v) is 18.0. The summed E-state index contributed by atoms with van der Waals surface area (Å²) in [5.74, 6) is 1.43. The summed E-state index contributed by atoms with van der Waals surface area (Å²) in [5.41, 5.74) is 2.09. The smallest absolute Gasteiger partial charge is 0.407 e. The molecule has 0 unspecified atom stereocenters.